The van der Waals surface area contributed by atoms with Crippen molar-refractivity contribution in [2.45, 2.75) is 0 Å². The molecule has 8 heteroatoms. The van der Waals surface area contributed by atoms with Crippen molar-refractivity contribution in [1.82, 2.24) is 14.9 Å². The van der Waals surface area contributed by atoms with Crippen LogP contribution in [0.15, 0.2) is 45.1 Å². The molecule has 0 bridgehead atoms. The van der Waals surface area contributed by atoms with Gasteiger partial charge in [-0.15, -0.1) is 11.3 Å². The minimum absolute atomic E-state index is 0.0338. The number of carbonyl (C=O) groups excluding carboxylic acids is 1. The molecule has 0 unspecified atom stereocenters. The van der Waals surface area contributed by atoms with Crippen molar-refractivity contribution in [2.24, 2.45) is 0 Å². The lowest BCUT2D eigenvalue weighted by Gasteiger charge is -2.34. The number of amides is 1. The molecule has 3 aromatic rings. The third-order valence-electron chi connectivity index (χ3n) is 4.10. The number of halogens is 1. The molecule has 1 fully saturated rings. The fourth-order valence-electron chi connectivity index (χ4n) is 2.76. The summed E-state index contributed by atoms with van der Waals surface area (Å²) in [6.07, 6.45) is 3.30. The first-order valence-corrected chi connectivity index (χ1v) is 10.4. The van der Waals surface area contributed by atoms with Crippen molar-refractivity contribution in [2.75, 3.05) is 31.1 Å². The predicted molar refractivity (Wildman–Crippen MR) is 105 cm³/mol. The molecule has 0 atom stereocenters. The van der Waals surface area contributed by atoms with Crippen molar-refractivity contribution in [1.29, 1.82) is 0 Å². The summed E-state index contributed by atoms with van der Waals surface area (Å²) >= 11 is 6.71. The Bertz CT molecular complexity index is 872. The average Bonchev–Trinajstić information content (AvgIpc) is 3.32. The Labute approximate surface area is 162 Å². The Morgan fingerprint density at radius 3 is 2.72 bits per heavy atom. The van der Waals surface area contributed by atoms with Crippen LogP contribution in [0.1, 0.15) is 10.4 Å². The van der Waals surface area contributed by atoms with Gasteiger partial charge >= 0.3 is 0 Å². The van der Waals surface area contributed by atoms with Crippen LogP contribution in [0.4, 0.5) is 5.13 Å². The van der Waals surface area contributed by atoms with Crippen LogP contribution in [0.2, 0.25) is 0 Å². The topological polar surface area (TPSA) is 49.3 Å². The molecule has 1 amide bonds. The molecule has 0 spiro atoms. The van der Waals surface area contributed by atoms with Gasteiger partial charge < -0.3 is 9.80 Å². The van der Waals surface area contributed by atoms with Crippen molar-refractivity contribution in [3.05, 3.63) is 50.7 Å². The fourth-order valence-corrected chi connectivity index (χ4v) is 4.67. The number of thiazole rings is 1. The summed E-state index contributed by atoms with van der Waals surface area (Å²) in [5, 5.41) is 7.30. The van der Waals surface area contributed by atoms with Crippen molar-refractivity contribution in [3.63, 3.8) is 0 Å². The number of thiophene rings is 1. The lowest BCUT2D eigenvalue weighted by Crippen LogP contribution is -2.48. The Kier molecular flexibility index (Phi) is 4.82. The Morgan fingerprint density at radius 1 is 1.16 bits per heavy atom. The molecule has 0 aromatic carbocycles. The number of carbonyl (C=O) groups is 1. The highest BCUT2D eigenvalue weighted by Crippen LogP contribution is 2.29. The van der Waals surface area contributed by atoms with Gasteiger partial charge in [-0.25, -0.2) is 4.98 Å². The van der Waals surface area contributed by atoms with Crippen LogP contribution < -0.4 is 4.90 Å². The van der Waals surface area contributed by atoms with Gasteiger partial charge in [0.1, 0.15) is 0 Å². The number of anilines is 1. The van der Waals surface area contributed by atoms with E-state index >= 15 is 0 Å². The first-order chi connectivity index (χ1) is 12.2. The maximum Gasteiger partial charge on any atom is 0.255 e. The first-order valence-electron chi connectivity index (χ1n) is 7.83. The lowest BCUT2D eigenvalue weighted by molar-refractivity contribution is 0.0746. The monoisotopic (exact) mass is 434 g/mol. The molecule has 0 N–H and O–H groups in total. The Morgan fingerprint density at radius 2 is 2.00 bits per heavy atom. The fraction of sp³-hybridized carbons (Fsp3) is 0.235. The quantitative estimate of drug-likeness (QED) is 0.624. The van der Waals surface area contributed by atoms with Gasteiger partial charge in [0.05, 0.1) is 11.3 Å². The van der Waals surface area contributed by atoms with E-state index < -0.39 is 0 Å². The second kappa shape index (κ2) is 7.23. The first kappa shape index (κ1) is 16.7. The predicted octanol–water partition coefficient (Wildman–Crippen LogP) is 3.99. The molecule has 4 rings (SSSR count). The molecular formula is C17H15BrN4OS2. The number of hydrogen-bond acceptors (Lipinski definition) is 6. The second-order valence-corrected chi connectivity index (χ2v) is 8.23. The minimum atomic E-state index is 0.0338. The number of aromatic nitrogens is 2. The van der Waals surface area contributed by atoms with Crippen LogP contribution >= 0.6 is 38.6 Å². The van der Waals surface area contributed by atoms with Crippen LogP contribution in [0.25, 0.3) is 11.3 Å². The summed E-state index contributed by atoms with van der Waals surface area (Å²) < 4.78 is 0.820. The molecular weight excluding hydrogens is 420 g/mol. The molecule has 4 heterocycles. The SMILES string of the molecule is O=C(c1cncc(Br)c1)N1CCN(c2nc(-c3ccsc3)cs2)CC1. The van der Waals surface area contributed by atoms with E-state index in [-0.39, 0.29) is 5.91 Å². The number of nitrogens with zero attached hydrogens (tertiary/aromatic N) is 4. The zero-order valence-electron chi connectivity index (χ0n) is 13.3. The molecule has 3 aromatic heterocycles. The minimum Gasteiger partial charge on any atom is -0.345 e. The molecule has 0 aliphatic carbocycles. The third-order valence-corrected chi connectivity index (χ3v) is 6.12. The van der Waals surface area contributed by atoms with Gasteiger partial charge in [0.25, 0.3) is 5.91 Å². The van der Waals surface area contributed by atoms with E-state index in [2.05, 4.69) is 48.0 Å². The zero-order valence-corrected chi connectivity index (χ0v) is 16.5. The average molecular weight is 435 g/mol. The summed E-state index contributed by atoms with van der Waals surface area (Å²) in [7, 11) is 0. The van der Waals surface area contributed by atoms with Gasteiger partial charge in [-0.05, 0) is 33.4 Å². The summed E-state index contributed by atoms with van der Waals surface area (Å²) in [5.74, 6) is 0.0338. The Balaban J connectivity index is 1.41. The van der Waals surface area contributed by atoms with Gasteiger partial charge in [0.2, 0.25) is 0 Å². The van der Waals surface area contributed by atoms with Crippen LogP contribution in [-0.4, -0.2) is 47.0 Å². The van der Waals surface area contributed by atoms with E-state index in [1.807, 2.05) is 11.0 Å². The number of pyridine rings is 1. The second-order valence-electron chi connectivity index (χ2n) is 5.70. The molecule has 5 nitrogen and oxygen atoms in total. The van der Waals surface area contributed by atoms with E-state index in [0.717, 1.165) is 28.4 Å². The highest BCUT2D eigenvalue weighted by Gasteiger charge is 2.24. The van der Waals surface area contributed by atoms with Crippen molar-refractivity contribution in [3.8, 4) is 11.3 Å². The largest absolute Gasteiger partial charge is 0.345 e. The number of hydrogen-bond donors (Lipinski definition) is 0. The molecule has 1 aliphatic rings. The number of piperazine rings is 1. The van der Waals surface area contributed by atoms with Crippen molar-refractivity contribution < 1.29 is 4.79 Å². The molecule has 128 valence electrons. The Hall–Kier alpha value is -1.77. The molecule has 25 heavy (non-hydrogen) atoms. The maximum atomic E-state index is 12.6. The smallest absolute Gasteiger partial charge is 0.255 e. The van der Waals surface area contributed by atoms with E-state index in [0.29, 0.717) is 18.7 Å². The van der Waals surface area contributed by atoms with E-state index in [9.17, 15) is 4.79 Å². The third kappa shape index (κ3) is 3.61. The molecule has 0 radical (unpaired) electrons. The van der Waals surface area contributed by atoms with Crippen LogP contribution in [0.5, 0.6) is 0 Å². The summed E-state index contributed by atoms with van der Waals surface area (Å²) in [6, 6.07) is 3.90. The highest BCUT2D eigenvalue weighted by molar-refractivity contribution is 9.10. The van der Waals surface area contributed by atoms with Gasteiger partial charge in [0.15, 0.2) is 5.13 Å². The standard InChI is InChI=1S/C17H15BrN4OS2/c18-14-7-13(8-19-9-14)16(23)21-2-4-22(5-3-21)17-20-15(11-25-17)12-1-6-24-10-12/h1,6-11H,2-5H2. The van der Waals surface area contributed by atoms with Crippen LogP contribution in [0.3, 0.4) is 0 Å². The van der Waals surface area contributed by atoms with Crippen molar-refractivity contribution >= 4 is 49.6 Å². The van der Waals surface area contributed by atoms with Crippen LogP contribution in [-0.2, 0) is 0 Å². The number of rotatable bonds is 3. The normalized spacial score (nSPS) is 14.8. The maximum absolute atomic E-state index is 12.6. The lowest BCUT2D eigenvalue weighted by atomic mass is 10.2. The van der Waals surface area contributed by atoms with Gasteiger partial charge in [-0.1, -0.05) is 0 Å². The molecule has 0 saturated carbocycles. The van der Waals surface area contributed by atoms with Gasteiger partial charge in [0, 0.05) is 59.4 Å². The molecule has 1 saturated heterocycles. The van der Waals surface area contributed by atoms with E-state index in [1.165, 1.54) is 5.56 Å². The van der Waals surface area contributed by atoms with E-state index in [4.69, 9.17) is 4.98 Å². The van der Waals surface area contributed by atoms with Gasteiger partial charge in [-0.2, -0.15) is 11.3 Å². The zero-order chi connectivity index (χ0) is 17.2. The van der Waals surface area contributed by atoms with Crippen LogP contribution in [0, 0.1) is 0 Å². The van der Waals surface area contributed by atoms with Gasteiger partial charge in [-0.3, -0.25) is 9.78 Å². The summed E-state index contributed by atoms with van der Waals surface area (Å²) in [6.45, 7) is 2.98. The van der Waals surface area contributed by atoms with E-state index in [1.54, 1.807) is 35.1 Å². The molecule has 1 aliphatic heterocycles. The highest BCUT2D eigenvalue weighted by atomic mass is 79.9. The summed E-state index contributed by atoms with van der Waals surface area (Å²) in [5.41, 5.74) is 2.82. The summed E-state index contributed by atoms with van der Waals surface area (Å²) in [4.78, 5) is 25.6.